The van der Waals surface area contributed by atoms with Crippen molar-refractivity contribution in [2.45, 2.75) is 64.1 Å². The van der Waals surface area contributed by atoms with Gasteiger partial charge in [0.2, 0.25) is 5.91 Å². The molecule has 2 aromatic carbocycles. The standard InChI is InChI=1S/C29H32ClNO5/c1-19-23-10-9-22(35-18-20-6-2-3-8-25(20)30)16-26(23)36-28(33)24(19)11-12-27(32)31-15-14-29(34)13-5-4-7-21(29)17-31/h2-3,6,8-10,16,21,34H,4-5,7,11-15,17-18H2,1H3. The second-order valence-corrected chi connectivity index (χ2v) is 10.6. The molecule has 1 saturated heterocycles. The summed E-state index contributed by atoms with van der Waals surface area (Å²) in [4.78, 5) is 27.7. The van der Waals surface area contributed by atoms with E-state index in [1.165, 1.54) is 0 Å². The number of carbonyl (C=O) groups is 1. The number of ether oxygens (including phenoxy) is 1. The van der Waals surface area contributed by atoms with Gasteiger partial charge in [0.25, 0.3) is 0 Å². The molecule has 36 heavy (non-hydrogen) atoms. The van der Waals surface area contributed by atoms with Crippen molar-refractivity contribution in [3.63, 3.8) is 0 Å². The number of fused-ring (bicyclic) bond motifs is 2. The van der Waals surface area contributed by atoms with Crippen LogP contribution in [-0.4, -0.2) is 34.6 Å². The maximum Gasteiger partial charge on any atom is 0.339 e. The highest BCUT2D eigenvalue weighted by atomic mass is 35.5. The van der Waals surface area contributed by atoms with Crippen LogP contribution in [0.5, 0.6) is 5.75 Å². The Labute approximate surface area is 215 Å². The van der Waals surface area contributed by atoms with Crippen molar-refractivity contribution in [2.24, 2.45) is 5.92 Å². The van der Waals surface area contributed by atoms with Crippen LogP contribution in [0, 0.1) is 12.8 Å². The van der Waals surface area contributed by atoms with Crippen LogP contribution in [0.3, 0.4) is 0 Å². The fraction of sp³-hybridized carbons (Fsp3) is 0.448. The third-order valence-electron chi connectivity index (χ3n) is 7.98. The molecule has 6 nitrogen and oxygen atoms in total. The maximum atomic E-state index is 13.0. The summed E-state index contributed by atoms with van der Waals surface area (Å²) in [5.41, 5.74) is 1.66. The van der Waals surface area contributed by atoms with Crippen LogP contribution < -0.4 is 10.4 Å². The van der Waals surface area contributed by atoms with Crippen molar-refractivity contribution in [3.05, 3.63) is 74.6 Å². The van der Waals surface area contributed by atoms with Crippen LogP contribution in [0.4, 0.5) is 0 Å². The van der Waals surface area contributed by atoms with Gasteiger partial charge in [-0.2, -0.15) is 0 Å². The lowest BCUT2D eigenvalue weighted by atomic mass is 9.71. The zero-order valence-corrected chi connectivity index (χ0v) is 21.4. The van der Waals surface area contributed by atoms with Crippen LogP contribution in [0.1, 0.15) is 55.2 Å². The molecule has 0 radical (unpaired) electrons. The number of rotatable bonds is 6. The molecule has 2 unspecified atom stereocenters. The van der Waals surface area contributed by atoms with Crippen molar-refractivity contribution >= 4 is 28.5 Å². The molecule has 1 amide bonds. The van der Waals surface area contributed by atoms with Gasteiger partial charge in [0.1, 0.15) is 17.9 Å². The Morgan fingerprint density at radius 3 is 2.89 bits per heavy atom. The van der Waals surface area contributed by atoms with Gasteiger partial charge in [-0.3, -0.25) is 4.79 Å². The van der Waals surface area contributed by atoms with E-state index in [4.69, 9.17) is 20.8 Å². The van der Waals surface area contributed by atoms with E-state index in [1.807, 2.05) is 48.2 Å². The van der Waals surface area contributed by atoms with Crippen LogP contribution in [-0.2, 0) is 17.8 Å². The molecule has 1 aromatic heterocycles. The fourth-order valence-electron chi connectivity index (χ4n) is 5.72. The summed E-state index contributed by atoms with van der Waals surface area (Å²) in [6, 6.07) is 12.9. The summed E-state index contributed by atoms with van der Waals surface area (Å²) < 4.78 is 11.5. The number of hydrogen-bond donors (Lipinski definition) is 1. The number of aliphatic hydroxyl groups is 1. The number of carbonyl (C=O) groups excluding carboxylic acids is 1. The molecular weight excluding hydrogens is 478 g/mol. The van der Waals surface area contributed by atoms with E-state index in [0.717, 1.165) is 42.2 Å². The molecule has 7 heteroatoms. The highest BCUT2D eigenvalue weighted by Crippen LogP contribution is 2.40. The van der Waals surface area contributed by atoms with Gasteiger partial charge in [0, 0.05) is 53.0 Å². The van der Waals surface area contributed by atoms with E-state index in [9.17, 15) is 14.7 Å². The number of piperidine rings is 1. The SMILES string of the molecule is Cc1c(CCC(=O)N2CCC3(O)CCCCC3C2)c(=O)oc2cc(OCc3ccccc3Cl)ccc12. The average Bonchev–Trinajstić information content (AvgIpc) is 2.87. The van der Waals surface area contributed by atoms with Crippen molar-refractivity contribution in [2.75, 3.05) is 13.1 Å². The van der Waals surface area contributed by atoms with Crippen molar-refractivity contribution in [3.8, 4) is 5.75 Å². The Hall–Kier alpha value is -2.83. The summed E-state index contributed by atoms with van der Waals surface area (Å²) in [5, 5.41) is 12.4. The van der Waals surface area contributed by atoms with Gasteiger partial charge < -0.3 is 19.2 Å². The van der Waals surface area contributed by atoms with Gasteiger partial charge in [-0.05, 0) is 56.4 Å². The summed E-state index contributed by atoms with van der Waals surface area (Å²) in [7, 11) is 0. The zero-order chi connectivity index (χ0) is 25.3. The predicted octanol–water partition coefficient (Wildman–Crippen LogP) is 5.42. The Bertz CT molecular complexity index is 1330. The minimum atomic E-state index is -0.610. The Balaban J connectivity index is 1.26. The third-order valence-corrected chi connectivity index (χ3v) is 8.35. The first-order valence-corrected chi connectivity index (χ1v) is 13.1. The minimum Gasteiger partial charge on any atom is -0.489 e. The summed E-state index contributed by atoms with van der Waals surface area (Å²) >= 11 is 6.20. The molecule has 2 atom stereocenters. The van der Waals surface area contributed by atoms with Crippen LogP contribution in [0.2, 0.25) is 5.02 Å². The molecule has 5 rings (SSSR count). The first kappa shape index (κ1) is 24.8. The predicted molar refractivity (Wildman–Crippen MR) is 139 cm³/mol. The van der Waals surface area contributed by atoms with E-state index in [2.05, 4.69) is 0 Å². The van der Waals surface area contributed by atoms with Crippen LogP contribution in [0.15, 0.2) is 51.7 Å². The van der Waals surface area contributed by atoms with Gasteiger partial charge in [-0.25, -0.2) is 4.79 Å². The zero-order valence-electron chi connectivity index (χ0n) is 20.6. The summed E-state index contributed by atoms with van der Waals surface area (Å²) in [6.45, 7) is 3.39. The average molecular weight is 510 g/mol. The topological polar surface area (TPSA) is 80.0 Å². The summed E-state index contributed by atoms with van der Waals surface area (Å²) in [5.74, 6) is 0.774. The first-order valence-electron chi connectivity index (χ1n) is 12.8. The highest BCUT2D eigenvalue weighted by molar-refractivity contribution is 6.31. The molecule has 2 fully saturated rings. The van der Waals surface area contributed by atoms with E-state index in [1.54, 1.807) is 6.07 Å². The number of aryl methyl sites for hydroxylation is 1. The minimum absolute atomic E-state index is 0.0323. The largest absolute Gasteiger partial charge is 0.489 e. The Kier molecular flexibility index (Phi) is 7.09. The smallest absolute Gasteiger partial charge is 0.339 e. The van der Waals surface area contributed by atoms with Gasteiger partial charge >= 0.3 is 5.63 Å². The number of nitrogens with zero attached hydrogens (tertiary/aromatic N) is 1. The first-order chi connectivity index (χ1) is 17.3. The molecule has 0 bridgehead atoms. The van der Waals surface area contributed by atoms with E-state index >= 15 is 0 Å². The second-order valence-electron chi connectivity index (χ2n) is 10.2. The number of amides is 1. The molecule has 2 heterocycles. The molecule has 1 N–H and O–H groups in total. The van der Waals surface area contributed by atoms with Crippen LogP contribution >= 0.6 is 11.6 Å². The molecule has 0 spiro atoms. The number of likely N-dealkylation sites (tertiary alicyclic amines) is 1. The highest BCUT2D eigenvalue weighted by Gasteiger charge is 2.43. The lowest BCUT2D eigenvalue weighted by Crippen LogP contribution is -2.54. The lowest BCUT2D eigenvalue weighted by Gasteiger charge is -2.47. The van der Waals surface area contributed by atoms with Crippen molar-refractivity contribution in [1.82, 2.24) is 4.90 Å². The molecule has 1 saturated carbocycles. The number of halogens is 1. The van der Waals surface area contributed by atoms with Crippen molar-refractivity contribution in [1.29, 1.82) is 0 Å². The van der Waals surface area contributed by atoms with E-state index < -0.39 is 11.2 Å². The molecule has 190 valence electrons. The molecule has 1 aliphatic carbocycles. The second kappa shape index (κ2) is 10.3. The number of hydrogen-bond acceptors (Lipinski definition) is 5. The van der Waals surface area contributed by atoms with Gasteiger partial charge in [-0.1, -0.05) is 42.6 Å². The molecule has 1 aliphatic heterocycles. The monoisotopic (exact) mass is 509 g/mol. The fourth-order valence-corrected chi connectivity index (χ4v) is 5.91. The maximum absolute atomic E-state index is 13.0. The molecule has 2 aliphatic rings. The van der Waals surface area contributed by atoms with Gasteiger partial charge in [0.05, 0.1) is 5.60 Å². The molecular formula is C29H32ClNO5. The van der Waals surface area contributed by atoms with Gasteiger partial charge in [-0.15, -0.1) is 0 Å². The molecule has 3 aromatic rings. The van der Waals surface area contributed by atoms with E-state index in [0.29, 0.717) is 54.5 Å². The normalized spacial score (nSPS) is 21.9. The quantitative estimate of drug-likeness (QED) is 0.449. The lowest BCUT2D eigenvalue weighted by molar-refractivity contribution is -0.143. The summed E-state index contributed by atoms with van der Waals surface area (Å²) in [6.07, 6.45) is 5.20. The van der Waals surface area contributed by atoms with Crippen LogP contribution in [0.25, 0.3) is 11.0 Å². The third kappa shape index (κ3) is 5.02. The van der Waals surface area contributed by atoms with E-state index in [-0.39, 0.29) is 18.2 Å². The Morgan fingerprint density at radius 1 is 1.22 bits per heavy atom. The number of benzene rings is 2. The Morgan fingerprint density at radius 2 is 2.06 bits per heavy atom. The van der Waals surface area contributed by atoms with Crippen molar-refractivity contribution < 1.29 is 19.1 Å². The van der Waals surface area contributed by atoms with Gasteiger partial charge in [0.15, 0.2) is 0 Å².